The van der Waals surface area contributed by atoms with E-state index in [2.05, 4.69) is 36.3 Å². The Morgan fingerprint density at radius 2 is 2.00 bits per heavy atom. The van der Waals surface area contributed by atoms with E-state index in [1.54, 1.807) is 6.20 Å². The van der Waals surface area contributed by atoms with Crippen LogP contribution in [0.2, 0.25) is 0 Å². The molecule has 1 aromatic carbocycles. The van der Waals surface area contributed by atoms with E-state index < -0.39 is 0 Å². The average molecular weight is 328 g/mol. The molecule has 0 aliphatic heterocycles. The van der Waals surface area contributed by atoms with Crippen molar-refractivity contribution in [3.8, 4) is 0 Å². The summed E-state index contributed by atoms with van der Waals surface area (Å²) < 4.78 is 1.96. The molecule has 0 bridgehead atoms. The third-order valence-corrected chi connectivity index (χ3v) is 4.11. The van der Waals surface area contributed by atoms with E-state index in [0.29, 0.717) is 13.1 Å². The molecule has 0 spiro atoms. The van der Waals surface area contributed by atoms with Crippen molar-refractivity contribution in [2.24, 2.45) is 7.05 Å². The summed E-state index contributed by atoms with van der Waals surface area (Å²) in [7, 11) is 1.95. The number of rotatable bonds is 8. The van der Waals surface area contributed by atoms with Gasteiger partial charge in [0.2, 0.25) is 0 Å². The quantitative estimate of drug-likeness (QED) is 0.799. The van der Waals surface area contributed by atoms with E-state index in [0.717, 1.165) is 30.7 Å². The summed E-state index contributed by atoms with van der Waals surface area (Å²) in [5, 5.41) is 3.20. The SMILES string of the molecule is CCC[C@@H](NC(=O)N(CCC)Cc1nccn1C)c1ccccc1. The fraction of sp³-hybridized carbons (Fsp3) is 0.474. The minimum Gasteiger partial charge on any atom is -0.337 e. The highest BCUT2D eigenvalue weighted by Gasteiger charge is 2.19. The highest BCUT2D eigenvalue weighted by molar-refractivity contribution is 5.74. The number of imidazole rings is 1. The van der Waals surface area contributed by atoms with Crippen LogP contribution in [0.3, 0.4) is 0 Å². The topological polar surface area (TPSA) is 50.2 Å². The van der Waals surface area contributed by atoms with E-state index in [9.17, 15) is 4.79 Å². The van der Waals surface area contributed by atoms with E-state index >= 15 is 0 Å². The van der Waals surface area contributed by atoms with E-state index in [1.165, 1.54) is 0 Å². The smallest absolute Gasteiger partial charge is 0.318 e. The molecule has 0 saturated carbocycles. The van der Waals surface area contributed by atoms with Crippen LogP contribution in [-0.4, -0.2) is 27.0 Å². The number of hydrogen-bond acceptors (Lipinski definition) is 2. The first kappa shape index (κ1) is 18.0. The number of carbonyl (C=O) groups excluding carboxylic acids is 1. The Morgan fingerprint density at radius 3 is 2.58 bits per heavy atom. The van der Waals surface area contributed by atoms with Crippen LogP contribution in [0.15, 0.2) is 42.7 Å². The molecule has 2 rings (SSSR count). The first-order valence-electron chi connectivity index (χ1n) is 8.72. The van der Waals surface area contributed by atoms with Gasteiger partial charge in [-0.25, -0.2) is 9.78 Å². The molecule has 0 fully saturated rings. The normalized spacial score (nSPS) is 12.0. The zero-order valence-corrected chi connectivity index (χ0v) is 14.9. The van der Waals surface area contributed by atoms with Crippen molar-refractivity contribution in [2.75, 3.05) is 6.54 Å². The first-order chi connectivity index (χ1) is 11.7. The lowest BCUT2D eigenvalue weighted by Crippen LogP contribution is -2.42. The van der Waals surface area contributed by atoms with E-state index in [1.807, 2.05) is 40.9 Å². The molecule has 1 heterocycles. The van der Waals surface area contributed by atoms with Crippen LogP contribution in [-0.2, 0) is 13.6 Å². The summed E-state index contributed by atoms with van der Waals surface area (Å²) in [4.78, 5) is 19.0. The van der Waals surface area contributed by atoms with Gasteiger partial charge in [-0.2, -0.15) is 0 Å². The fourth-order valence-electron chi connectivity index (χ4n) is 2.78. The van der Waals surface area contributed by atoms with Gasteiger partial charge >= 0.3 is 6.03 Å². The molecule has 0 aliphatic rings. The van der Waals surface area contributed by atoms with E-state index in [4.69, 9.17) is 0 Å². The molecular weight excluding hydrogens is 300 g/mol. The van der Waals surface area contributed by atoms with Gasteiger partial charge in [0.25, 0.3) is 0 Å². The van der Waals surface area contributed by atoms with Crippen LogP contribution in [0.4, 0.5) is 4.79 Å². The van der Waals surface area contributed by atoms with Crippen LogP contribution < -0.4 is 5.32 Å². The summed E-state index contributed by atoms with van der Waals surface area (Å²) >= 11 is 0. The number of aromatic nitrogens is 2. The molecule has 1 aromatic heterocycles. The van der Waals surface area contributed by atoms with Crippen molar-refractivity contribution in [1.29, 1.82) is 0 Å². The van der Waals surface area contributed by atoms with Gasteiger partial charge < -0.3 is 14.8 Å². The minimum atomic E-state index is -0.0258. The Bertz CT molecular complexity index is 623. The molecular formula is C19H28N4O. The number of carbonyl (C=O) groups is 1. The van der Waals surface area contributed by atoms with Gasteiger partial charge in [-0.3, -0.25) is 0 Å². The van der Waals surface area contributed by atoms with Crippen molar-refractivity contribution in [1.82, 2.24) is 19.8 Å². The summed E-state index contributed by atoms with van der Waals surface area (Å²) in [6, 6.07) is 10.2. The van der Waals surface area contributed by atoms with Crippen molar-refractivity contribution in [2.45, 2.75) is 45.7 Å². The molecule has 5 heteroatoms. The number of nitrogens with zero attached hydrogens (tertiary/aromatic N) is 3. The molecule has 1 atom stereocenters. The number of benzene rings is 1. The summed E-state index contributed by atoms with van der Waals surface area (Å²) in [6.07, 6.45) is 6.54. The predicted molar refractivity (Wildman–Crippen MR) is 96.5 cm³/mol. The Labute approximate surface area is 144 Å². The van der Waals surface area contributed by atoms with Gasteiger partial charge in [-0.15, -0.1) is 0 Å². The summed E-state index contributed by atoms with van der Waals surface area (Å²) in [5.41, 5.74) is 1.15. The van der Waals surface area contributed by atoms with E-state index in [-0.39, 0.29) is 12.1 Å². The maximum absolute atomic E-state index is 12.8. The third-order valence-electron chi connectivity index (χ3n) is 4.11. The Hall–Kier alpha value is -2.30. The molecule has 0 saturated heterocycles. The number of hydrogen-bond donors (Lipinski definition) is 1. The molecule has 5 nitrogen and oxygen atoms in total. The number of nitrogens with one attached hydrogen (secondary N) is 1. The van der Waals surface area contributed by atoms with Crippen LogP contribution in [0.5, 0.6) is 0 Å². The summed E-state index contributed by atoms with van der Waals surface area (Å²) in [5.74, 6) is 0.894. The first-order valence-corrected chi connectivity index (χ1v) is 8.72. The van der Waals surface area contributed by atoms with Crippen molar-refractivity contribution in [3.63, 3.8) is 0 Å². The maximum atomic E-state index is 12.8. The van der Waals surface area contributed by atoms with Gasteiger partial charge in [0.1, 0.15) is 5.82 Å². The highest BCUT2D eigenvalue weighted by atomic mass is 16.2. The number of amides is 2. The zero-order chi connectivity index (χ0) is 17.4. The Morgan fingerprint density at radius 1 is 1.25 bits per heavy atom. The van der Waals surface area contributed by atoms with Crippen LogP contribution in [0, 0.1) is 0 Å². The Kier molecular flexibility index (Phi) is 6.85. The average Bonchev–Trinajstić information content (AvgIpc) is 2.99. The molecule has 0 aliphatic carbocycles. The second kappa shape index (κ2) is 9.11. The maximum Gasteiger partial charge on any atom is 0.318 e. The van der Waals surface area contributed by atoms with Gasteiger partial charge in [0, 0.05) is 26.0 Å². The van der Waals surface area contributed by atoms with Crippen LogP contribution in [0.1, 0.15) is 50.5 Å². The number of urea groups is 1. The van der Waals surface area contributed by atoms with Crippen molar-refractivity contribution >= 4 is 6.03 Å². The second-order valence-electron chi connectivity index (χ2n) is 6.08. The number of aryl methyl sites for hydroxylation is 1. The zero-order valence-electron chi connectivity index (χ0n) is 14.9. The molecule has 2 aromatic rings. The standard InChI is InChI=1S/C19H28N4O/c1-4-9-17(16-10-7-6-8-11-16)21-19(24)23(13-5-2)15-18-20-12-14-22(18)3/h6-8,10-12,14,17H,4-5,9,13,15H2,1-3H3,(H,21,24)/t17-/m1/s1. The minimum absolute atomic E-state index is 0.0258. The highest BCUT2D eigenvalue weighted by Crippen LogP contribution is 2.18. The van der Waals surface area contributed by atoms with Gasteiger partial charge in [0.15, 0.2) is 0 Å². The predicted octanol–water partition coefficient (Wildman–Crippen LogP) is 3.88. The Balaban J connectivity index is 2.08. The van der Waals surface area contributed by atoms with Crippen molar-refractivity contribution < 1.29 is 4.79 Å². The molecule has 1 N–H and O–H groups in total. The third kappa shape index (κ3) is 4.85. The monoisotopic (exact) mass is 328 g/mol. The van der Waals surface area contributed by atoms with Crippen molar-refractivity contribution in [3.05, 3.63) is 54.1 Å². The lowest BCUT2D eigenvalue weighted by molar-refractivity contribution is 0.188. The summed E-state index contributed by atoms with van der Waals surface area (Å²) in [6.45, 7) is 5.46. The fourth-order valence-corrected chi connectivity index (χ4v) is 2.78. The van der Waals surface area contributed by atoms with Crippen LogP contribution in [0.25, 0.3) is 0 Å². The molecule has 0 unspecified atom stereocenters. The largest absolute Gasteiger partial charge is 0.337 e. The molecule has 2 amide bonds. The lowest BCUT2D eigenvalue weighted by Gasteiger charge is -2.26. The molecule has 0 radical (unpaired) electrons. The van der Waals surface area contributed by atoms with Gasteiger partial charge in [0.05, 0.1) is 12.6 Å². The van der Waals surface area contributed by atoms with Gasteiger partial charge in [-0.05, 0) is 18.4 Å². The van der Waals surface area contributed by atoms with Crippen LogP contribution >= 0.6 is 0 Å². The molecule has 130 valence electrons. The lowest BCUT2D eigenvalue weighted by atomic mass is 10.0. The van der Waals surface area contributed by atoms with Gasteiger partial charge in [-0.1, -0.05) is 50.6 Å². The molecule has 24 heavy (non-hydrogen) atoms. The second-order valence-corrected chi connectivity index (χ2v) is 6.08.